The number of fused-ring (bicyclic) bond motifs is 3. The van der Waals surface area contributed by atoms with Crippen molar-refractivity contribution in [2.75, 3.05) is 13.7 Å². The normalized spacial score (nSPS) is 36.1. The van der Waals surface area contributed by atoms with Gasteiger partial charge in [-0.1, -0.05) is 19.1 Å². The molecule has 12 atom stereocenters. The number of methoxy groups -OCH3 is 1. The summed E-state index contributed by atoms with van der Waals surface area (Å²) >= 11 is 0. The van der Waals surface area contributed by atoms with Crippen LogP contribution in [0.2, 0.25) is 0 Å². The summed E-state index contributed by atoms with van der Waals surface area (Å²) in [7, 11) is 1.25. The first kappa shape index (κ1) is 34.2. The van der Waals surface area contributed by atoms with E-state index in [1.807, 2.05) is 6.92 Å². The van der Waals surface area contributed by atoms with Crippen molar-refractivity contribution in [3.05, 3.63) is 47.2 Å². The van der Waals surface area contributed by atoms with Crippen LogP contribution in [-0.4, -0.2) is 68.3 Å². The van der Waals surface area contributed by atoms with Crippen LogP contribution in [0.5, 0.6) is 0 Å². The van der Waals surface area contributed by atoms with Gasteiger partial charge in [-0.05, 0) is 44.4 Å². The van der Waals surface area contributed by atoms with Crippen molar-refractivity contribution in [3.8, 4) is 0 Å². The third-order valence-corrected chi connectivity index (χ3v) is 11.2. The first-order valence-electron chi connectivity index (χ1n) is 16.0. The number of hydrogen-bond donors (Lipinski definition) is 0. The molecular weight excluding hydrogens is 641 g/mol. The smallest absolute Gasteiger partial charge is 0.416 e. The maximum absolute atomic E-state index is 13.8. The molecule has 2 heterocycles. The summed E-state index contributed by atoms with van der Waals surface area (Å²) in [5.74, 6) is -4.03. The van der Waals surface area contributed by atoms with Gasteiger partial charge in [0.2, 0.25) is 6.29 Å². The Morgan fingerprint density at radius 3 is 2.33 bits per heavy atom. The number of carbonyl (C=O) groups is 4. The van der Waals surface area contributed by atoms with Crippen LogP contribution in [0.1, 0.15) is 64.7 Å². The Kier molecular flexibility index (Phi) is 8.59. The van der Waals surface area contributed by atoms with Crippen molar-refractivity contribution in [2.45, 2.75) is 90.4 Å². The highest BCUT2D eigenvalue weighted by Gasteiger charge is 2.83. The summed E-state index contributed by atoms with van der Waals surface area (Å²) in [4.78, 5) is 51.3. The van der Waals surface area contributed by atoms with E-state index in [0.717, 1.165) is 24.3 Å². The lowest BCUT2D eigenvalue weighted by molar-refractivity contribution is -0.213. The molecule has 1 unspecified atom stereocenters. The summed E-state index contributed by atoms with van der Waals surface area (Å²) in [6, 6.07) is 4.05. The second kappa shape index (κ2) is 12.0. The molecule has 3 bridgehead atoms. The molecule has 1 aromatic rings. The minimum atomic E-state index is -4.56. The first-order valence-corrected chi connectivity index (χ1v) is 16.0. The fourth-order valence-corrected chi connectivity index (χ4v) is 9.00. The van der Waals surface area contributed by atoms with Crippen LogP contribution >= 0.6 is 0 Å². The Hall–Kier alpha value is -3.65. The first-order chi connectivity index (χ1) is 22.5. The van der Waals surface area contributed by atoms with Crippen LogP contribution in [0, 0.1) is 34.5 Å². The molecule has 1 aromatic carbocycles. The van der Waals surface area contributed by atoms with Gasteiger partial charge in [0.05, 0.1) is 23.8 Å². The third kappa shape index (κ3) is 5.26. The molecule has 262 valence electrons. The Bertz CT molecular complexity index is 1510. The van der Waals surface area contributed by atoms with E-state index < -0.39 is 101 Å². The lowest BCUT2D eigenvalue weighted by Crippen LogP contribution is -2.58. The Morgan fingerprint density at radius 1 is 1.04 bits per heavy atom. The monoisotopic (exact) mass is 680 g/mol. The summed E-state index contributed by atoms with van der Waals surface area (Å²) in [6.07, 6.45) is -7.59. The zero-order valence-corrected chi connectivity index (χ0v) is 27.4. The van der Waals surface area contributed by atoms with Crippen molar-refractivity contribution >= 4 is 23.9 Å². The highest BCUT2D eigenvalue weighted by atomic mass is 19.4. The van der Waals surface area contributed by atoms with Crippen molar-refractivity contribution < 1.29 is 65.5 Å². The number of ether oxygens (including phenoxy) is 7. The molecule has 1 saturated heterocycles. The number of alkyl halides is 3. The molecular formula is C34H39F3O11. The van der Waals surface area contributed by atoms with Gasteiger partial charge < -0.3 is 33.2 Å². The quantitative estimate of drug-likeness (QED) is 0.252. The highest BCUT2D eigenvalue weighted by Crippen LogP contribution is 2.77. The van der Waals surface area contributed by atoms with E-state index in [9.17, 15) is 32.3 Å². The van der Waals surface area contributed by atoms with Crippen molar-refractivity contribution in [1.29, 1.82) is 0 Å². The summed E-state index contributed by atoms with van der Waals surface area (Å²) < 4.78 is 80.7. The van der Waals surface area contributed by atoms with Gasteiger partial charge in [-0.3, -0.25) is 14.4 Å². The fourth-order valence-electron chi connectivity index (χ4n) is 9.00. The fraction of sp³-hybridized carbons (Fsp3) is 0.647. The molecule has 14 heteroatoms. The summed E-state index contributed by atoms with van der Waals surface area (Å²) in [5, 5.41) is 0. The number of esters is 4. The van der Waals surface area contributed by atoms with E-state index in [1.165, 1.54) is 27.2 Å². The van der Waals surface area contributed by atoms with Gasteiger partial charge in [0.25, 0.3) is 0 Å². The van der Waals surface area contributed by atoms with E-state index in [2.05, 4.69) is 0 Å². The zero-order chi connectivity index (χ0) is 34.9. The predicted octanol–water partition coefficient (Wildman–Crippen LogP) is 4.67. The van der Waals surface area contributed by atoms with Gasteiger partial charge in [0.15, 0.2) is 12.2 Å². The van der Waals surface area contributed by atoms with Gasteiger partial charge in [-0.25, -0.2) is 4.79 Å². The molecule has 3 saturated carbocycles. The van der Waals surface area contributed by atoms with Crippen LogP contribution in [0.4, 0.5) is 13.2 Å². The number of halogens is 3. The lowest BCUT2D eigenvalue weighted by Gasteiger charge is -2.51. The maximum Gasteiger partial charge on any atom is 0.416 e. The molecule has 4 fully saturated rings. The molecule has 5 aliphatic rings. The minimum Gasteiger partial charge on any atom is -0.472 e. The molecule has 6 rings (SSSR count). The number of carbonyl (C=O) groups excluding carboxylic acids is 4. The number of hydrogen-bond acceptors (Lipinski definition) is 11. The predicted molar refractivity (Wildman–Crippen MR) is 156 cm³/mol. The van der Waals surface area contributed by atoms with Crippen LogP contribution in [-0.2, 0) is 58.5 Å². The lowest BCUT2D eigenvalue weighted by atomic mass is 9.61. The van der Waals surface area contributed by atoms with Gasteiger partial charge >= 0.3 is 30.1 Å². The molecule has 3 aliphatic carbocycles. The van der Waals surface area contributed by atoms with Gasteiger partial charge in [-0.2, -0.15) is 13.2 Å². The average molecular weight is 681 g/mol. The largest absolute Gasteiger partial charge is 0.472 e. The van der Waals surface area contributed by atoms with Crippen molar-refractivity contribution in [3.63, 3.8) is 0 Å². The molecule has 0 radical (unpaired) electrons. The van der Waals surface area contributed by atoms with Crippen LogP contribution in [0.25, 0.3) is 0 Å². The maximum atomic E-state index is 13.8. The molecule has 0 aromatic heterocycles. The zero-order valence-electron chi connectivity index (χ0n) is 27.4. The van der Waals surface area contributed by atoms with E-state index in [-0.39, 0.29) is 24.5 Å². The van der Waals surface area contributed by atoms with Gasteiger partial charge in [0, 0.05) is 55.6 Å². The van der Waals surface area contributed by atoms with Crippen molar-refractivity contribution in [1.82, 2.24) is 0 Å². The second-order valence-electron chi connectivity index (χ2n) is 13.8. The molecule has 0 N–H and O–H groups in total. The van der Waals surface area contributed by atoms with Gasteiger partial charge in [-0.15, -0.1) is 0 Å². The van der Waals surface area contributed by atoms with Crippen LogP contribution < -0.4 is 0 Å². The molecule has 0 amide bonds. The molecule has 48 heavy (non-hydrogen) atoms. The van der Waals surface area contributed by atoms with Crippen molar-refractivity contribution in [2.24, 2.45) is 34.5 Å². The third-order valence-electron chi connectivity index (χ3n) is 11.2. The topological polar surface area (TPSA) is 133 Å². The van der Waals surface area contributed by atoms with E-state index >= 15 is 0 Å². The summed E-state index contributed by atoms with van der Waals surface area (Å²) in [6.45, 7) is 8.15. The standard InChI is InChI=1S/C34H39F3O11/c1-15(16(2)45-17(3)38)13-43-30-21-11-24(47-29(40)25(42-6)19-7-9-20(10-8-19)34(35,36)37)28-32(5)22-12-33(21,28)23(14-44-30)27(48-31(32)41)26(22)46-18(4)39/h7-10,14-16,21-22,24-28,30H,11-13H2,1-6H3/t15-,16+,21?,22+,24-,25-,26+,27-,28+,30-,32-,33+/m1/s1. The van der Waals surface area contributed by atoms with Crippen LogP contribution in [0.3, 0.4) is 0 Å². The van der Waals surface area contributed by atoms with Crippen LogP contribution in [0.15, 0.2) is 36.1 Å². The Morgan fingerprint density at radius 2 is 1.73 bits per heavy atom. The second-order valence-corrected chi connectivity index (χ2v) is 13.8. The van der Waals surface area contributed by atoms with E-state index in [4.69, 9.17) is 33.2 Å². The molecule has 2 aliphatic heterocycles. The minimum absolute atomic E-state index is 0.164. The van der Waals surface area contributed by atoms with E-state index in [1.54, 1.807) is 13.8 Å². The average Bonchev–Trinajstić information content (AvgIpc) is 3.43. The number of rotatable bonds is 10. The summed E-state index contributed by atoms with van der Waals surface area (Å²) in [5.41, 5.74) is -2.11. The molecule has 1 spiro atoms. The Balaban J connectivity index is 1.34. The van der Waals surface area contributed by atoms with E-state index in [0.29, 0.717) is 12.0 Å². The Labute approximate surface area is 275 Å². The number of benzene rings is 1. The molecule has 11 nitrogen and oxygen atoms in total. The van der Waals surface area contributed by atoms with Gasteiger partial charge in [0.1, 0.15) is 18.3 Å². The SMILES string of the molecule is CO[C@@H](C(=O)O[C@@H]1CC2[C@H](OC[C@@H](C)[C@H](C)OC(C)=O)OC=C3[C@H]4OC(=O)[C@]5(C)[C@@H](C[C@@]32[C@@H]15)[C@@H]4OC(C)=O)c1ccc(C(F)(F)F)cc1. The highest BCUT2D eigenvalue weighted by molar-refractivity contribution is 5.83.